The Morgan fingerprint density at radius 3 is 2.59 bits per heavy atom. The fourth-order valence-corrected chi connectivity index (χ4v) is 1.89. The Balaban J connectivity index is 2.02. The van der Waals surface area contributed by atoms with Crippen LogP contribution in [-0.2, 0) is 4.79 Å². The predicted molar refractivity (Wildman–Crippen MR) is 85.5 cm³/mol. The van der Waals surface area contributed by atoms with Gasteiger partial charge in [0.2, 0.25) is 0 Å². The van der Waals surface area contributed by atoms with E-state index in [2.05, 4.69) is 5.32 Å². The number of carbonyl (C=O) groups excluding carboxylic acids is 1. The van der Waals surface area contributed by atoms with Crippen LogP contribution in [0.4, 0.5) is 11.4 Å². The molecule has 0 aliphatic carbocycles. The standard InChI is InChI=1S/C17H17N3O2/c1-11-15(19)4-3-5-16(11)20-17(21)12(2)22-14-8-6-13(10-18)7-9-14/h3-9,12H,19H2,1-2H3,(H,20,21). The van der Waals surface area contributed by atoms with E-state index >= 15 is 0 Å². The molecule has 5 heteroatoms. The summed E-state index contributed by atoms with van der Waals surface area (Å²) in [6.07, 6.45) is -0.672. The monoisotopic (exact) mass is 295 g/mol. The molecule has 0 fully saturated rings. The fraction of sp³-hybridized carbons (Fsp3) is 0.176. The second kappa shape index (κ2) is 6.64. The van der Waals surface area contributed by atoms with Crippen LogP contribution >= 0.6 is 0 Å². The molecule has 1 amide bonds. The van der Waals surface area contributed by atoms with Gasteiger partial charge in [-0.25, -0.2) is 0 Å². The number of rotatable bonds is 4. The minimum Gasteiger partial charge on any atom is -0.481 e. The number of carbonyl (C=O) groups is 1. The summed E-state index contributed by atoms with van der Waals surface area (Å²) in [6.45, 7) is 3.51. The highest BCUT2D eigenvalue weighted by Crippen LogP contribution is 2.21. The van der Waals surface area contributed by atoms with Crippen molar-refractivity contribution in [3.63, 3.8) is 0 Å². The number of hydrogen-bond donors (Lipinski definition) is 2. The fourth-order valence-electron chi connectivity index (χ4n) is 1.89. The molecule has 22 heavy (non-hydrogen) atoms. The van der Waals surface area contributed by atoms with Crippen molar-refractivity contribution in [3.05, 3.63) is 53.6 Å². The second-order valence-corrected chi connectivity index (χ2v) is 4.91. The van der Waals surface area contributed by atoms with Crippen molar-refractivity contribution in [2.45, 2.75) is 20.0 Å². The van der Waals surface area contributed by atoms with Gasteiger partial charge < -0.3 is 15.8 Å². The number of nitrogen functional groups attached to an aromatic ring is 1. The SMILES string of the molecule is Cc1c(N)cccc1NC(=O)C(C)Oc1ccc(C#N)cc1. The van der Waals surface area contributed by atoms with Crippen molar-refractivity contribution in [1.29, 1.82) is 5.26 Å². The van der Waals surface area contributed by atoms with Crippen LogP contribution in [0.15, 0.2) is 42.5 Å². The Labute approximate surface area is 129 Å². The molecule has 2 aromatic rings. The Morgan fingerprint density at radius 2 is 1.95 bits per heavy atom. The highest BCUT2D eigenvalue weighted by Gasteiger charge is 2.16. The largest absolute Gasteiger partial charge is 0.481 e. The van der Waals surface area contributed by atoms with Crippen LogP contribution in [0.3, 0.4) is 0 Å². The van der Waals surface area contributed by atoms with Crippen molar-refractivity contribution in [3.8, 4) is 11.8 Å². The molecule has 112 valence electrons. The summed E-state index contributed by atoms with van der Waals surface area (Å²) in [5.74, 6) is 0.268. The molecule has 3 N–H and O–H groups in total. The average molecular weight is 295 g/mol. The normalized spacial score (nSPS) is 11.3. The zero-order chi connectivity index (χ0) is 16.1. The molecule has 0 bridgehead atoms. The summed E-state index contributed by atoms with van der Waals surface area (Å²) >= 11 is 0. The zero-order valence-electron chi connectivity index (χ0n) is 12.5. The van der Waals surface area contributed by atoms with Crippen molar-refractivity contribution in [2.75, 3.05) is 11.1 Å². The second-order valence-electron chi connectivity index (χ2n) is 4.91. The Morgan fingerprint density at radius 1 is 1.27 bits per heavy atom. The van der Waals surface area contributed by atoms with Crippen LogP contribution in [0.1, 0.15) is 18.1 Å². The van der Waals surface area contributed by atoms with Gasteiger partial charge in [0.05, 0.1) is 11.6 Å². The maximum atomic E-state index is 12.2. The minimum atomic E-state index is -0.672. The van der Waals surface area contributed by atoms with Gasteiger partial charge in [0, 0.05) is 11.4 Å². The van der Waals surface area contributed by atoms with Gasteiger partial charge in [-0.05, 0) is 55.8 Å². The molecule has 0 heterocycles. The first-order valence-electron chi connectivity index (χ1n) is 6.84. The summed E-state index contributed by atoms with van der Waals surface area (Å²) in [6, 6.07) is 14.0. The summed E-state index contributed by atoms with van der Waals surface area (Å²) < 4.78 is 5.57. The molecule has 1 atom stereocenters. The Bertz CT molecular complexity index is 718. The van der Waals surface area contributed by atoms with E-state index in [1.165, 1.54) is 0 Å². The first kappa shape index (κ1) is 15.4. The van der Waals surface area contributed by atoms with Gasteiger partial charge in [-0.1, -0.05) is 6.07 Å². The van der Waals surface area contributed by atoms with Crippen LogP contribution in [0.2, 0.25) is 0 Å². The summed E-state index contributed by atoms with van der Waals surface area (Å²) in [7, 11) is 0. The Kier molecular flexibility index (Phi) is 4.64. The van der Waals surface area contributed by atoms with Gasteiger partial charge in [0.25, 0.3) is 5.91 Å². The molecule has 2 aromatic carbocycles. The maximum Gasteiger partial charge on any atom is 0.265 e. The summed E-state index contributed by atoms with van der Waals surface area (Å²) in [4.78, 5) is 12.2. The lowest BCUT2D eigenvalue weighted by Crippen LogP contribution is -2.30. The molecule has 1 unspecified atom stereocenters. The number of anilines is 2. The topological polar surface area (TPSA) is 88.1 Å². The predicted octanol–water partition coefficient (Wildman–Crippen LogP) is 2.85. The third kappa shape index (κ3) is 3.55. The van der Waals surface area contributed by atoms with Crippen molar-refractivity contribution in [1.82, 2.24) is 0 Å². The lowest BCUT2D eigenvalue weighted by molar-refractivity contribution is -0.122. The van der Waals surface area contributed by atoms with Gasteiger partial charge in [-0.3, -0.25) is 4.79 Å². The first-order chi connectivity index (χ1) is 10.5. The van der Waals surface area contributed by atoms with Gasteiger partial charge in [-0.15, -0.1) is 0 Å². The van der Waals surface area contributed by atoms with Gasteiger partial charge in [-0.2, -0.15) is 5.26 Å². The van der Waals surface area contributed by atoms with Gasteiger partial charge in [0.1, 0.15) is 5.75 Å². The molecule has 0 aromatic heterocycles. The molecular formula is C17H17N3O2. The van der Waals surface area contributed by atoms with E-state index in [0.717, 1.165) is 5.56 Å². The number of hydrogen-bond acceptors (Lipinski definition) is 4. The number of ether oxygens (including phenoxy) is 1. The number of nitrogens with zero attached hydrogens (tertiary/aromatic N) is 1. The lowest BCUT2D eigenvalue weighted by atomic mass is 10.1. The molecule has 0 radical (unpaired) electrons. The van der Waals surface area contributed by atoms with Crippen molar-refractivity contribution >= 4 is 17.3 Å². The molecule has 0 spiro atoms. The third-order valence-corrected chi connectivity index (χ3v) is 3.30. The number of benzene rings is 2. The van der Waals surface area contributed by atoms with Gasteiger partial charge >= 0.3 is 0 Å². The zero-order valence-corrected chi connectivity index (χ0v) is 12.5. The molecule has 0 saturated heterocycles. The van der Waals surface area contributed by atoms with E-state index in [9.17, 15) is 4.79 Å². The minimum absolute atomic E-state index is 0.266. The number of nitriles is 1. The van der Waals surface area contributed by atoms with Crippen molar-refractivity contribution in [2.24, 2.45) is 0 Å². The summed E-state index contributed by atoms with van der Waals surface area (Å²) in [5.41, 5.74) is 8.47. The summed E-state index contributed by atoms with van der Waals surface area (Å²) in [5, 5.41) is 11.5. The first-order valence-corrected chi connectivity index (χ1v) is 6.84. The van der Waals surface area contributed by atoms with Crippen LogP contribution in [0.25, 0.3) is 0 Å². The maximum absolute atomic E-state index is 12.2. The molecule has 0 saturated carbocycles. The number of nitrogens with one attached hydrogen (secondary N) is 1. The van der Waals surface area contributed by atoms with Crippen LogP contribution in [0, 0.1) is 18.3 Å². The van der Waals surface area contributed by atoms with E-state index in [1.54, 1.807) is 49.4 Å². The smallest absolute Gasteiger partial charge is 0.265 e. The number of amides is 1. The van der Waals surface area contributed by atoms with E-state index in [-0.39, 0.29) is 5.91 Å². The molecule has 5 nitrogen and oxygen atoms in total. The van der Waals surface area contributed by atoms with Crippen LogP contribution in [0.5, 0.6) is 5.75 Å². The van der Waals surface area contributed by atoms with Crippen LogP contribution < -0.4 is 15.8 Å². The van der Waals surface area contributed by atoms with Crippen LogP contribution in [-0.4, -0.2) is 12.0 Å². The Hall–Kier alpha value is -3.00. The molecule has 2 rings (SSSR count). The molecule has 0 aliphatic rings. The van der Waals surface area contributed by atoms with E-state index < -0.39 is 6.10 Å². The average Bonchev–Trinajstić information content (AvgIpc) is 2.52. The van der Waals surface area contributed by atoms with E-state index in [1.807, 2.05) is 13.0 Å². The lowest BCUT2D eigenvalue weighted by Gasteiger charge is -2.16. The molecule has 0 aliphatic heterocycles. The highest BCUT2D eigenvalue weighted by molar-refractivity contribution is 5.95. The van der Waals surface area contributed by atoms with E-state index in [4.69, 9.17) is 15.7 Å². The van der Waals surface area contributed by atoms with Crippen molar-refractivity contribution < 1.29 is 9.53 Å². The highest BCUT2D eigenvalue weighted by atomic mass is 16.5. The third-order valence-electron chi connectivity index (χ3n) is 3.30. The number of nitrogens with two attached hydrogens (primary N) is 1. The van der Waals surface area contributed by atoms with Gasteiger partial charge in [0.15, 0.2) is 6.10 Å². The quantitative estimate of drug-likeness (QED) is 0.849. The molecular weight excluding hydrogens is 278 g/mol. The van der Waals surface area contributed by atoms with E-state index in [0.29, 0.717) is 22.7 Å².